The maximum absolute atomic E-state index is 13.2. The molecule has 0 saturated carbocycles. The minimum Gasteiger partial charge on any atom is -0.481 e. The highest BCUT2D eigenvalue weighted by Gasteiger charge is 2.30. The lowest BCUT2D eigenvalue weighted by molar-refractivity contribution is -0.139. The minimum atomic E-state index is -1.10. The zero-order chi connectivity index (χ0) is 22.1. The Bertz CT molecular complexity index is 1010. The Balaban J connectivity index is 1.88. The monoisotopic (exact) mass is 409 g/mol. The molecule has 0 amide bonds. The van der Waals surface area contributed by atoms with Crippen molar-refractivity contribution in [2.45, 2.75) is 46.1 Å². The number of Topliss-reactive ketones (excluding diaryl/α,β-unsaturated/α-hetero) is 1. The number of aryl methyl sites for hydroxylation is 1. The van der Waals surface area contributed by atoms with Gasteiger partial charge < -0.3 is 14.7 Å². The van der Waals surface area contributed by atoms with Crippen molar-refractivity contribution in [1.29, 1.82) is 5.41 Å². The number of aliphatic carboxylic acids is 1. The maximum atomic E-state index is 13.2. The van der Waals surface area contributed by atoms with Gasteiger partial charge in [0.1, 0.15) is 17.3 Å². The standard InChI is InChI=1S/C23H27N3O4/c1-5-15-10-9-14-11-26(22(24)20(14)25-15)12-18(27)16-7-6-8-17(23(2,3)4)21(16)30-13-19(28)29/h6-10,24H,5,11-13H2,1-4H3,(H,28,29). The zero-order valence-corrected chi connectivity index (χ0v) is 17.8. The summed E-state index contributed by atoms with van der Waals surface area (Å²) in [5.74, 6) is -0.804. The summed E-state index contributed by atoms with van der Waals surface area (Å²) in [6, 6.07) is 9.18. The lowest BCUT2D eigenvalue weighted by Gasteiger charge is -2.25. The highest BCUT2D eigenvalue weighted by atomic mass is 16.5. The van der Waals surface area contributed by atoms with Crippen molar-refractivity contribution in [3.8, 4) is 5.75 Å². The lowest BCUT2D eigenvalue weighted by atomic mass is 9.84. The van der Waals surface area contributed by atoms with Gasteiger partial charge in [-0.3, -0.25) is 10.2 Å². The molecule has 0 bridgehead atoms. The van der Waals surface area contributed by atoms with E-state index in [-0.39, 0.29) is 23.6 Å². The van der Waals surface area contributed by atoms with Crippen molar-refractivity contribution >= 4 is 17.6 Å². The number of carboxylic acids is 1. The Labute approximate surface area is 176 Å². The summed E-state index contributed by atoms with van der Waals surface area (Å²) < 4.78 is 5.56. The fourth-order valence-corrected chi connectivity index (χ4v) is 3.52. The van der Waals surface area contributed by atoms with Crippen LogP contribution in [0.4, 0.5) is 0 Å². The van der Waals surface area contributed by atoms with E-state index >= 15 is 0 Å². The normalized spacial score (nSPS) is 13.3. The number of benzene rings is 1. The number of nitrogens with zero attached hydrogens (tertiary/aromatic N) is 2. The molecule has 7 nitrogen and oxygen atoms in total. The van der Waals surface area contributed by atoms with Gasteiger partial charge in [0.25, 0.3) is 0 Å². The molecular formula is C23H27N3O4. The van der Waals surface area contributed by atoms with Crippen LogP contribution in [0.25, 0.3) is 0 Å². The summed E-state index contributed by atoms with van der Waals surface area (Å²) in [7, 11) is 0. The molecule has 1 aromatic carbocycles. The highest BCUT2D eigenvalue weighted by molar-refractivity contribution is 6.05. The van der Waals surface area contributed by atoms with E-state index in [1.165, 1.54) is 0 Å². The Morgan fingerprint density at radius 1 is 1.23 bits per heavy atom. The molecule has 158 valence electrons. The molecule has 0 aliphatic carbocycles. The Morgan fingerprint density at radius 2 is 1.97 bits per heavy atom. The highest BCUT2D eigenvalue weighted by Crippen LogP contribution is 2.35. The third-order valence-corrected chi connectivity index (χ3v) is 5.10. The second-order valence-electron chi connectivity index (χ2n) is 8.41. The smallest absolute Gasteiger partial charge is 0.341 e. The molecule has 1 aliphatic heterocycles. The number of hydrogen-bond acceptors (Lipinski definition) is 5. The molecule has 2 aromatic rings. The topological polar surface area (TPSA) is 104 Å². The van der Waals surface area contributed by atoms with Gasteiger partial charge in [0.15, 0.2) is 12.4 Å². The van der Waals surface area contributed by atoms with Gasteiger partial charge in [-0.15, -0.1) is 0 Å². The van der Waals surface area contributed by atoms with Crippen molar-refractivity contribution in [3.63, 3.8) is 0 Å². The zero-order valence-electron chi connectivity index (χ0n) is 17.8. The number of carboxylic acid groups (broad SMARTS) is 1. The van der Waals surface area contributed by atoms with E-state index < -0.39 is 12.6 Å². The molecule has 0 saturated heterocycles. The van der Waals surface area contributed by atoms with Crippen LogP contribution in [0.5, 0.6) is 5.75 Å². The second kappa shape index (κ2) is 8.26. The third-order valence-electron chi connectivity index (χ3n) is 5.10. The molecule has 7 heteroatoms. The van der Waals surface area contributed by atoms with Crippen LogP contribution >= 0.6 is 0 Å². The fraction of sp³-hybridized carbons (Fsp3) is 0.391. The summed E-state index contributed by atoms with van der Waals surface area (Å²) in [4.78, 5) is 30.5. The number of ketones is 1. The number of carbonyl (C=O) groups excluding carboxylic acids is 1. The molecule has 0 radical (unpaired) electrons. The largest absolute Gasteiger partial charge is 0.481 e. The average molecular weight is 409 g/mol. The second-order valence-corrected chi connectivity index (χ2v) is 8.41. The quantitative estimate of drug-likeness (QED) is 0.679. The van der Waals surface area contributed by atoms with Gasteiger partial charge in [0, 0.05) is 23.4 Å². The predicted molar refractivity (Wildman–Crippen MR) is 113 cm³/mol. The van der Waals surface area contributed by atoms with E-state index in [4.69, 9.17) is 15.3 Å². The van der Waals surface area contributed by atoms with Gasteiger partial charge in [-0.1, -0.05) is 45.9 Å². The molecule has 1 aliphatic rings. The average Bonchev–Trinajstić information content (AvgIpc) is 3.00. The number of rotatable bonds is 7. The van der Waals surface area contributed by atoms with Gasteiger partial charge in [-0.2, -0.15) is 0 Å². The van der Waals surface area contributed by atoms with E-state index in [9.17, 15) is 9.59 Å². The summed E-state index contributed by atoms with van der Waals surface area (Å²) in [5.41, 5.74) is 3.22. The van der Waals surface area contributed by atoms with E-state index in [0.29, 0.717) is 23.6 Å². The predicted octanol–water partition coefficient (Wildman–Crippen LogP) is 3.43. The fourth-order valence-electron chi connectivity index (χ4n) is 3.52. The molecule has 0 fully saturated rings. The van der Waals surface area contributed by atoms with Gasteiger partial charge in [-0.05, 0) is 24.0 Å². The van der Waals surface area contributed by atoms with E-state index in [1.54, 1.807) is 17.0 Å². The SMILES string of the molecule is CCc1ccc2c(n1)C(=N)N(CC(=O)c1cccc(C(C)(C)C)c1OCC(=O)O)C2. The van der Waals surface area contributed by atoms with Crippen molar-refractivity contribution in [2.75, 3.05) is 13.2 Å². The summed E-state index contributed by atoms with van der Waals surface area (Å²) in [6.07, 6.45) is 0.781. The number of fused-ring (bicyclic) bond motifs is 1. The molecule has 3 rings (SSSR count). The van der Waals surface area contributed by atoms with Gasteiger partial charge in [-0.25, -0.2) is 9.78 Å². The van der Waals surface area contributed by atoms with Crippen LogP contribution in [0.2, 0.25) is 0 Å². The number of nitrogens with one attached hydrogen (secondary N) is 1. The molecule has 0 unspecified atom stereocenters. The number of ether oxygens (including phenoxy) is 1. The molecular weight excluding hydrogens is 382 g/mol. The lowest BCUT2D eigenvalue weighted by Crippen LogP contribution is -2.31. The van der Waals surface area contributed by atoms with Crippen LogP contribution in [0.15, 0.2) is 30.3 Å². The van der Waals surface area contributed by atoms with Crippen molar-refractivity contribution in [1.82, 2.24) is 9.88 Å². The summed E-state index contributed by atoms with van der Waals surface area (Å²) in [5, 5.41) is 17.5. The summed E-state index contributed by atoms with van der Waals surface area (Å²) in [6.45, 7) is 7.86. The first kappa shape index (κ1) is 21.5. The number of para-hydroxylation sites is 1. The number of pyridine rings is 1. The van der Waals surface area contributed by atoms with Crippen molar-refractivity contribution in [2.24, 2.45) is 0 Å². The molecule has 0 spiro atoms. The van der Waals surface area contributed by atoms with Crippen LogP contribution < -0.4 is 4.74 Å². The first-order chi connectivity index (χ1) is 14.1. The van der Waals surface area contributed by atoms with Gasteiger partial charge >= 0.3 is 5.97 Å². The minimum absolute atomic E-state index is 0.00627. The van der Waals surface area contributed by atoms with E-state index in [2.05, 4.69) is 4.98 Å². The summed E-state index contributed by atoms with van der Waals surface area (Å²) >= 11 is 0. The van der Waals surface area contributed by atoms with Crippen molar-refractivity contribution in [3.05, 3.63) is 58.4 Å². The molecule has 1 aromatic heterocycles. The number of aromatic nitrogens is 1. The Hall–Kier alpha value is -3.22. The first-order valence-electron chi connectivity index (χ1n) is 9.95. The van der Waals surface area contributed by atoms with Crippen LogP contribution in [0.3, 0.4) is 0 Å². The van der Waals surface area contributed by atoms with Crippen LogP contribution in [-0.4, -0.2) is 45.7 Å². The van der Waals surface area contributed by atoms with Gasteiger partial charge in [0.2, 0.25) is 0 Å². The molecule has 30 heavy (non-hydrogen) atoms. The van der Waals surface area contributed by atoms with E-state index in [1.807, 2.05) is 45.9 Å². The Kier molecular flexibility index (Phi) is 5.92. The molecule has 2 heterocycles. The van der Waals surface area contributed by atoms with Crippen molar-refractivity contribution < 1.29 is 19.4 Å². The maximum Gasteiger partial charge on any atom is 0.341 e. The third kappa shape index (κ3) is 4.35. The van der Waals surface area contributed by atoms with Crippen LogP contribution in [0, 0.1) is 5.41 Å². The number of hydrogen-bond donors (Lipinski definition) is 2. The van der Waals surface area contributed by atoms with Gasteiger partial charge in [0.05, 0.1) is 12.1 Å². The Morgan fingerprint density at radius 3 is 2.60 bits per heavy atom. The molecule has 2 N–H and O–H groups in total. The number of carbonyl (C=O) groups is 2. The number of amidine groups is 1. The first-order valence-corrected chi connectivity index (χ1v) is 9.95. The van der Waals surface area contributed by atoms with Crippen LogP contribution in [0.1, 0.15) is 60.6 Å². The van der Waals surface area contributed by atoms with Crippen LogP contribution in [-0.2, 0) is 23.2 Å². The van der Waals surface area contributed by atoms with E-state index in [0.717, 1.165) is 23.2 Å². The molecule has 0 atom stereocenters.